The number of benzene rings is 1. The first-order valence-electron chi connectivity index (χ1n) is 5.77. The number of rotatable bonds is 3. The molecule has 1 aliphatic rings. The van der Waals surface area contributed by atoms with Crippen molar-refractivity contribution in [3.8, 4) is 5.75 Å². The average molecular weight is 331 g/mol. The van der Waals surface area contributed by atoms with Gasteiger partial charge in [-0.2, -0.15) is 0 Å². The van der Waals surface area contributed by atoms with E-state index >= 15 is 0 Å². The van der Waals surface area contributed by atoms with Crippen LogP contribution in [0.3, 0.4) is 0 Å². The minimum Gasteiger partial charge on any atom is -0.483 e. The molecule has 1 heterocycles. The first-order valence-corrected chi connectivity index (χ1v) is 7.29. The van der Waals surface area contributed by atoms with Crippen molar-refractivity contribution < 1.29 is 4.74 Å². The Morgan fingerprint density at radius 2 is 1.88 bits per heavy atom. The van der Waals surface area contributed by atoms with Crippen LogP contribution in [0.1, 0.15) is 24.3 Å². The van der Waals surface area contributed by atoms with Crippen LogP contribution < -0.4 is 4.74 Å². The van der Waals surface area contributed by atoms with Crippen molar-refractivity contribution in [2.75, 3.05) is 24.8 Å². The molecule has 88 valence electrons. The summed E-state index contributed by atoms with van der Waals surface area (Å²) in [5.41, 5.74) is 1.47. The van der Waals surface area contributed by atoms with Gasteiger partial charge >= 0.3 is 0 Å². The molecule has 16 heavy (non-hydrogen) atoms. The number of hydrogen-bond donors (Lipinski definition) is 0. The Labute approximate surface area is 111 Å². The molecule has 1 aromatic rings. The van der Waals surface area contributed by atoms with E-state index in [1.807, 2.05) is 0 Å². The molecule has 0 bridgehead atoms. The zero-order valence-electron chi connectivity index (χ0n) is 9.66. The number of nitrogens with zero attached hydrogens (tertiary/aromatic N) is 1. The van der Waals surface area contributed by atoms with Crippen LogP contribution in [0.25, 0.3) is 0 Å². The van der Waals surface area contributed by atoms with E-state index in [9.17, 15) is 0 Å². The number of ether oxygens (including phenoxy) is 1. The number of piperidine rings is 1. The van der Waals surface area contributed by atoms with Crippen LogP contribution in [-0.4, -0.2) is 29.7 Å². The van der Waals surface area contributed by atoms with E-state index in [1.165, 1.54) is 31.5 Å². The molecule has 1 fully saturated rings. The fourth-order valence-electron chi connectivity index (χ4n) is 2.24. The highest BCUT2D eigenvalue weighted by atomic mass is 127. The van der Waals surface area contributed by atoms with Crippen LogP contribution in [0.2, 0.25) is 0 Å². The predicted molar refractivity (Wildman–Crippen MR) is 75.4 cm³/mol. The van der Waals surface area contributed by atoms with Crippen LogP contribution in [0.15, 0.2) is 24.3 Å². The first-order chi connectivity index (χ1) is 7.79. The zero-order valence-corrected chi connectivity index (χ0v) is 11.8. The molecular formula is C13H18INO. The molecule has 0 aliphatic carbocycles. The third kappa shape index (κ3) is 3.10. The molecule has 0 atom stereocenters. The van der Waals surface area contributed by atoms with E-state index < -0.39 is 0 Å². The Balaban J connectivity index is 1.98. The summed E-state index contributed by atoms with van der Waals surface area (Å²) < 4.78 is 6.16. The standard InChI is InChI=1S/C13H18INO/c1-15-8-6-12(7-9-15)11-2-4-13(5-3-11)16-10-14/h2-5,12H,6-10H2,1H3. The predicted octanol–water partition coefficient (Wildman–Crippen LogP) is 3.27. The molecule has 2 nitrogen and oxygen atoms in total. The maximum absolute atomic E-state index is 5.44. The van der Waals surface area contributed by atoms with Crippen molar-refractivity contribution >= 4 is 22.6 Å². The summed E-state index contributed by atoms with van der Waals surface area (Å²) in [6, 6.07) is 8.62. The fourth-order valence-corrected chi connectivity index (χ4v) is 2.60. The van der Waals surface area contributed by atoms with Crippen LogP contribution in [0.5, 0.6) is 5.75 Å². The molecule has 0 aromatic heterocycles. The van der Waals surface area contributed by atoms with Gasteiger partial charge in [-0.1, -0.05) is 12.1 Å². The summed E-state index contributed by atoms with van der Waals surface area (Å²) in [7, 11) is 2.20. The van der Waals surface area contributed by atoms with Crippen molar-refractivity contribution in [1.29, 1.82) is 0 Å². The number of hydrogen-bond acceptors (Lipinski definition) is 2. The molecule has 1 aromatic carbocycles. The highest BCUT2D eigenvalue weighted by molar-refractivity contribution is 14.1. The lowest BCUT2D eigenvalue weighted by atomic mass is 9.90. The molecule has 2 rings (SSSR count). The van der Waals surface area contributed by atoms with Crippen molar-refractivity contribution in [2.24, 2.45) is 0 Å². The summed E-state index contributed by atoms with van der Waals surface area (Å²) in [6.07, 6.45) is 2.56. The summed E-state index contributed by atoms with van der Waals surface area (Å²) in [5, 5.41) is 0. The van der Waals surface area contributed by atoms with Crippen LogP contribution in [-0.2, 0) is 0 Å². The second-order valence-electron chi connectivity index (χ2n) is 4.40. The second-order valence-corrected chi connectivity index (χ2v) is 5.02. The molecule has 3 heteroatoms. The van der Waals surface area contributed by atoms with Gasteiger partial charge in [-0.15, -0.1) is 0 Å². The first kappa shape index (κ1) is 12.2. The fraction of sp³-hybridized carbons (Fsp3) is 0.538. The maximum atomic E-state index is 5.44. The summed E-state index contributed by atoms with van der Waals surface area (Å²) in [6.45, 7) is 2.44. The maximum Gasteiger partial charge on any atom is 0.139 e. The second kappa shape index (κ2) is 5.87. The lowest BCUT2D eigenvalue weighted by molar-refractivity contribution is 0.255. The Bertz CT molecular complexity index is 317. The molecule has 1 aliphatic heterocycles. The third-order valence-corrected chi connectivity index (χ3v) is 3.60. The monoisotopic (exact) mass is 331 g/mol. The van der Waals surface area contributed by atoms with Gasteiger partial charge in [-0.05, 0) is 79.2 Å². The van der Waals surface area contributed by atoms with Gasteiger partial charge in [0.1, 0.15) is 10.4 Å². The molecule has 0 N–H and O–H groups in total. The van der Waals surface area contributed by atoms with Gasteiger partial charge in [-0.3, -0.25) is 0 Å². The minimum absolute atomic E-state index is 0.714. The molecular weight excluding hydrogens is 313 g/mol. The third-order valence-electron chi connectivity index (χ3n) is 3.29. The minimum atomic E-state index is 0.714. The van der Waals surface area contributed by atoms with Gasteiger partial charge in [0.2, 0.25) is 0 Å². The van der Waals surface area contributed by atoms with E-state index in [0.717, 1.165) is 11.7 Å². The number of likely N-dealkylation sites (tertiary alicyclic amines) is 1. The summed E-state index contributed by atoms with van der Waals surface area (Å²) >= 11 is 2.22. The Hall–Kier alpha value is -0.290. The van der Waals surface area contributed by atoms with Crippen molar-refractivity contribution in [3.05, 3.63) is 29.8 Å². The number of halogens is 1. The topological polar surface area (TPSA) is 12.5 Å². The van der Waals surface area contributed by atoms with E-state index in [2.05, 4.69) is 58.8 Å². The molecule has 0 unspecified atom stereocenters. The molecule has 0 saturated carbocycles. The van der Waals surface area contributed by atoms with Crippen molar-refractivity contribution in [2.45, 2.75) is 18.8 Å². The van der Waals surface area contributed by atoms with E-state index in [4.69, 9.17) is 4.74 Å². The van der Waals surface area contributed by atoms with Gasteiger partial charge in [0, 0.05) is 0 Å². The van der Waals surface area contributed by atoms with Crippen LogP contribution in [0.4, 0.5) is 0 Å². The lowest BCUT2D eigenvalue weighted by Gasteiger charge is -2.29. The SMILES string of the molecule is CN1CCC(c2ccc(OCI)cc2)CC1. The van der Waals surface area contributed by atoms with Gasteiger partial charge < -0.3 is 9.64 Å². The normalized spacial score (nSPS) is 18.6. The molecule has 0 spiro atoms. The average Bonchev–Trinajstić information content (AvgIpc) is 2.32. The summed E-state index contributed by atoms with van der Waals surface area (Å²) in [5.74, 6) is 1.72. The number of alkyl halides is 1. The van der Waals surface area contributed by atoms with Crippen molar-refractivity contribution in [3.63, 3.8) is 0 Å². The van der Waals surface area contributed by atoms with Gasteiger partial charge in [0.25, 0.3) is 0 Å². The highest BCUT2D eigenvalue weighted by Gasteiger charge is 2.17. The molecule has 1 saturated heterocycles. The van der Waals surface area contributed by atoms with Gasteiger partial charge in [-0.25, -0.2) is 0 Å². The van der Waals surface area contributed by atoms with E-state index in [1.54, 1.807) is 0 Å². The quantitative estimate of drug-likeness (QED) is 0.623. The Morgan fingerprint density at radius 3 is 2.44 bits per heavy atom. The van der Waals surface area contributed by atoms with Crippen LogP contribution in [0, 0.1) is 0 Å². The smallest absolute Gasteiger partial charge is 0.139 e. The zero-order chi connectivity index (χ0) is 11.4. The van der Waals surface area contributed by atoms with E-state index in [-0.39, 0.29) is 0 Å². The Morgan fingerprint density at radius 1 is 1.25 bits per heavy atom. The van der Waals surface area contributed by atoms with Crippen LogP contribution >= 0.6 is 22.6 Å². The largest absolute Gasteiger partial charge is 0.483 e. The highest BCUT2D eigenvalue weighted by Crippen LogP contribution is 2.28. The molecule has 0 amide bonds. The summed E-state index contributed by atoms with van der Waals surface area (Å²) in [4.78, 5) is 2.41. The van der Waals surface area contributed by atoms with Gasteiger partial charge in [0.05, 0.1) is 0 Å². The van der Waals surface area contributed by atoms with Crippen molar-refractivity contribution in [1.82, 2.24) is 4.90 Å². The molecule has 0 radical (unpaired) electrons. The van der Waals surface area contributed by atoms with Gasteiger partial charge in [0.15, 0.2) is 0 Å². The lowest BCUT2D eigenvalue weighted by Crippen LogP contribution is -2.29. The van der Waals surface area contributed by atoms with E-state index in [0.29, 0.717) is 4.61 Å². The Kier molecular flexibility index (Phi) is 4.46.